The number of piperidine rings is 2. The number of nitro groups is 1. The molecule has 1 aromatic rings. The number of nitro benzene ring substituents is 1. The Bertz CT molecular complexity index is 673. The highest BCUT2D eigenvalue weighted by Gasteiger charge is 2.31. The van der Waals surface area contributed by atoms with Gasteiger partial charge in [0.1, 0.15) is 18.0 Å². The molecule has 0 radical (unpaired) electrons. The van der Waals surface area contributed by atoms with Crippen LogP contribution in [0.3, 0.4) is 0 Å². The maximum Gasteiger partial charge on any atom is 0.296 e. The average molecular weight is 377 g/mol. The molecular weight excluding hydrogens is 350 g/mol. The first-order valence-corrected chi connectivity index (χ1v) is 9.54. The highest BCUT2D eigenvalue weighted by atomic mass is 16.6. The summed E-state index contributed by atoms with van der Waals surface area (Å²) < 4.78 is 10.4. The summed E-state index contributed by atoms with van der Waals surface area (Å²) >= 11 is 0. The van der Waals surface area contributed by atoms with Crippen molar-refractivity contribution in [1.29, 1.82) is 0 Å². The normalized spacial score (nSPS) is 18.6. The third-order valence-corrected chi connectivity index (χ3v) is 5.31. The van der Waals surface area contributed by atoms with Gasteiger partial charge in [-0.1, -0.05) is 0 Å². The monoisotopic (exact) mass is 377 g/mol. The summed E-state index contributed by atoms with van der Waals surface area (Å²) in [5, 5.41) is 11.5. The largest absolute Gasteiger partial charge is 0.491 e. The summed E-state index contributed by atoms with van der Waals surface area (Å²) in [5.41, 5.74) is 0.667. The molecule has 8 heteroatoms. The average Bonchev–Trinajstić information content (AvgIpc) is 2.69. The smallest absolute Gasteiger partial charge is 0.296 e. The molecule has 2 heterocycles. The Kier molecular flexibility index (Phi) is 6.49. The molecular formula is C19H27N3O5. The fraction of sp³-hybridized carbons (Fsp3) is 0.632. The summed E-state index contributed by atoms with van der Waals surface area (Å²) in [4.78, 5) is 27.4. The summed E-state index contributed by atoms with van der Waals surface area (Å²) in [6, 6.07) is 5.25. The minimum atomic E-state index is -0.362. The first-order valence-electron chi connectivity index (χ1n) is 9.54. The zero-order valence-electron chi connectivity index (χ0n) is 15.8. The van der Waals surface area contributed by atoms with Gasteiger partial charge in [0, 0.05) is 39.2 Å². The quantitative estimate of drug-likeness (QED) is 0.412. The van der Waals surface area contributed by atoms with E-state index in [-0.39, 0.29) is 22.6 Å². The van der Waals surface area contributed by atoms with Crippen molar-refractivity contribution in [1.82, 2.24) is 4.90 Å². The standard InChI is InChI=1S/C19H27N3O5/c1-26-12-13-27-16-5-6-17(18(14-16)22(24)25)20-10-7-15(8-11-20)21-9-3-2-4-19(21)23/h5-6,14-15H,2-4,7-13H2,1H3. The second-order valence-electron chi connectivity index (χ2n) is 7.01. The van der Waals surface area contributed by atoms with Crippen molar-refractivity contribution in [3.63, 3.8) is 0 Å². The zero-order chi connectivity index (χ0) is 19.2. The SMILES string of the molecule is COCCOc1ccc(N2CCC(N3CCCCC3=O)CC2)c([N+](=O)[O-])c1. The van der Waals surface area contributed by atoms with Crippen molar-refractivity contribution in [2.75, 3.05) is 44.9 Å². The van der Waals surface area contributed by atoms with Gasteiger partial charge in [0.2, 0.25) is 5.91 Å². The van der Waals surface area contributed by atoms with E-state index in [0.29, 0.717) is 44.2 Å². The van der Waals surface area contributed by atoms with Crippen LogP contribution in [0.25, 0.3) is 0 Å². The van der Waals surface area contributed by atoms with Gasteiger partial charge in [-0.25, -0.2) is 0 Å². The molecule has 0 unspecified atom stereocenters. The molecule has 1 amide bonds. The minimum Gasteiger partial charge on any atom is -0.491 e. The van der Waals surface area contributed by atoms with Crippen LogP contribution in [0.5, 0.6) is 5.75 Å². The molecule has 148 valence electrons. The second kappa shape index (κ2) is 9.03. The molecule has 3 rings (SSSR count). The number of hydrogen-bond donors (Lipinski definition) is 0. The molecule has 8 nitrogen and oxygen atoms in total. The van der Waals surface area contributed by atoms with Crippen molar-refractivity contribution in [3.05, 3.63) is 28.3 Å². The van der Waals surface area contributed by atoms with Crippen LogP contribution in [0.1, 0.15) is 32.1 Å². The lowest BCUT2D eigenvalue weighted by Crippen LogP contribution is -2.49. The Morgan fingerprint density at radius 2 is 1.96 bits per heavy atom. The van der Waals surface area contributed by atoms with E-state index in [9.17, 15) is 14.9 Å². The highest BCUT2D eigenvalue weighted by Crippen LogP contribution is 2.34. The van der Waals surface area contributed by atoms with Gasteiger partial charge >= 0.3 is 0 Å². The Morgan fingerprint density at radius 3 is 2.63 bits per heavy atom. The number of amides is 1. The lowest BCUT2D eigenvalue weighted by atomic mass is 9.99. The van der Waals surface area contributed by atoms with Crippen LogP contribution in [0.2, 0.25) is 0 Å². The summed E-state index contributed by atoms with van der Waals surface area (Å²) in [6.07, 6.45) is 4.39. The first-order chi connectivity index (χ1) is 13.1. The molecule has 2 saturated heterocycles. The second-order valence-corrected chi connectivity index (χ2v) is 7.01. The van der Waals surface area contributed by atoms with E-state index in [2.05, 4.69) is 0 Å². The maximum atomic E-state index is 12.1. The fourth-order valence-electron chi connectivity index (χ4n) is 3.88. The Hall–Kier alpha value is -2.35. The summed E-state index contributed by atoms with van der Waals surface area (Å²) in [7, 11) is 1.58. The molecule has 1 aromatic carbocycles. The van der Waals surface area contributed by atoms with Gasteiger partial charge in [0.15, 0.2) is 0 Å². The topological polar surface area (TPSA) is 85.2 Å². The van der Waals surface area contributed by atoms with E-state index in [4.69, 9.17) is 9.47 Å². The van der Waals surface area contributed by atoms with Gasteiger partial charge < -0.3 is 19.3 Å². The molecule has 0 bridgehead atoms. The van der Waals surface area contributed by atoms with Crippen LogP contribution in [-0.2, 0) is 9.53 Å². The van der Waals surface area contributed by atoms with Gasteiger partial charge in [0.25, 0.3) is 5.69 Å². The third kappa shape index (κ3) is 4.68. The van der Waals surface area contributed by atoms with Crippen molar-refractivity contribution < 1.29 is 19.2 Å². The van der Waals surface area contributed by atoms with Gasteiger partial charge in [0.05, 0.1) is 17.6 Å². The molecule has 0 spiro atoms. The Morgan fingerprint density at radius 1 is 1.19 bits per heavy atom. The van der Waals surface area contributed by atoms with Gasteiger partial charge in [-0.15, -0.1) is 0 Å². The van der Waals surface area contributed by atoms with Gasteiger partial charge in [-0.3, -0.25) is 14.9 Å². The van der Waals surface area contributed by atoms with Crippen molar-refractivity contribution in [2.24, 2.45) is 0 Å². The zero-order valence-corrected chi connectivity index (χ0v) is 15.8. The van der Waals surface area contributed by atoms with Crippen LogP contribution in [0.15, 0.2) is 18.2 Å². The van der Waals surface area contributed by atoms with E-state index >= 15 is 0 Å². The third-order valence-electron chi connectivity index (χ3n) is 5.31. The van der Waals surface area contributed by atoms with Crippen LogP contribution < -0.4 is 9.64 Å². The van der Waals surface area contributed by atoms with E-state index < -0.39 is 0 Å². The molecule has 27 heavy (non-hydrogen) atoms. The lowest BCUT2D eigenvalue weighted by molar-refractivity contribution is -0.384. The summed E-state index contributed by atoms with van der Waals surface area (Å²) in [5.74, 6) is 0.722. The predicted molar refractivity (Wildman–Crippen MR) is 101 cm³/mol. The molecule has 0 aromatic heterocycles. The highest BCUT2D eigenvalue weighted by molar-refractivity contribution is 5.77. The number of methoxy groups -OCH3 is 1. The van der Waals surface area contributed by atoms with Crippen LogP contribution in [0.4, 0.5) is 11.4 Å². The fourth-order valence-corrected chi connectivity index (χ4v) is 3.88. The molecule has 0 atom stereocenters. The number of anilines is 1. The van der Waals surface area contributed by atoms with Crippen LogP contribution in [-0.4, -0.2) is 61.7 Å². The number of likely N-dealkylation sites (tertiary alicyclic amines) is 1. The molecule has 0 saturated carbocycles. The van der Waals surface area contributed by atoms with E-state index in [1.807, 2.05) is 9.80 Å². The van der Waals surface area contributed by atoms with Gasteiger partial charge in [-0.2, -0.15) is 0 Å². The minimum absolute atomic E-state index is 0.0532. The first kappa shape index (κ1) is 19.4. The predicted octanol–water partition coefficient (Wildman–Crippen LogP) is 2.60. The number of carbonyl (C=O) groups excluding carboxylic acids is 1. The van der Waals surface area contributed by atoms with E-state index in [1.54, 1.807) is 19.2 Å². The maximum absolute atomic E-state index is 12.1. The van der Waals surface area contributed by atoms with Crippen molar-refractivity contribution in [3.8, 4) is 5.75 Å². The van der Waals surface area contributed by atoms with E-state index in [0.717, 1.165) is 32.2 Å². The van der Waals surface area contributed by atoms with Crippen LogP contribution in [0, 0.1) is 10.1 Å². The number of carbonyl (C=O) groups is 1. The number of rotatable bonds is 7. The molecule has 2 aliphatic rings. The molecule has 0 N–H and O–H groups in total. The van der Waals surface area contributed by atoms with Crippen molar-refractivity contribution in [2.45, 2.75) is 38.1 Å². The molecule has 0 aliphatic carbocycles. The Balaban J connectivity index is 1.66. The number of ether oxygens (including phenoxy) is 2. The number of hydrogen-bond acceptors (Lipinski definition) is 6. The van der Waals surface area contributed by atoms with E-state index in [1.165, 1.54) is 6.07 Å². The van der Waals surface area contributed by atoms with Crippen LogP contribution >= 0.6 is 0 Å². The Labute approximate surface area is 159 Å². The number of nitrogens with zero attached hydrogens (tertiary/aromatic N) is 3. The summed E-state index contributed by atoms with van der Waals surface area (Å²) in [6.45, 7) is 3.04. The molecule has 2 fully saturated rings. The lowest BCUT2D eigenvalue weighted by Gasteiger charge is -2.40. The number of benzene rings is 1. The van der Waals surface area contributed by atoms with Crippen molar-refractivity contribution >= 4 is 17.3 Å². The molecule has 2 aliphatic heterocycles. The van der Waals surface area contributed by atoms with Gasteiger partial charge in [-0.05, 0) is 37.8 Å².